The molecular formula is C21H24N4O2S. The fourth-order valence-electron chi connectivity index (χ4n) is 3.53. The van der Waals surface area contributed by atoms with Crippen LogP contribution in [0.5, 0.6) is 0 Å². The lowest BCUT2D eigenvalue weighted by atomic mass is 10.00. The number of aryl methyl sites for hydroxylation is 1. The minimum absolute atomic E-state index is 0.0599. The first-order chi connectivity index (χ1) is 13.7. The maximum absolute atomic E-state index is 12.1. The first kappa shape index (κ1) is 19.0. The number of pyridine rings is 1. The summed E-state index contributed by atoms with van der Waals surface area (Å²) in [7, 11) is 0. The van der Waals surface area contributed by atoms with Crippen molar-refractivity contribution in [1.29, 1.82) is 0 Å². The summed E-state index contributed by atoms with van der Waals surface area (Å²) in [6.07, 6.45) is 3.14. The number of nitrogens with one attached hydrogen (secondary N) is 1. The quantitative estimate of drug-likeness (QED) is 0.640. The van der Waals surface area contributed by atoms with Gasteiger partial charge in [-0.3, -0.25) is 9.69 Å². The average Bonchev–Trinajstić information content (AvgIpc) is 3.14. The molecule has 0 saturated heterocycles. The van der Waals surface area contributed by atoms with Gasteiger partial charge in [-0.25, -0.2) is 9.97 Å². The number of rotatable bonds is 7. The Hall–Kier alpha value is -2.35. The molecule has 2 aromatic heterocycles. The number of hydrogen-bond donors (Lipinski definition) is 2. The van der Waals surface area contributed by atoms with Crippen molar-refractivity contribution in [2.45, 2.75) is 31.9 Å². The van der Waals surface area contributed by atoms with Gasteiger partial charge in [0.1, 0.15) is 10.3 Å². The second-order valence-corrected chi connectivity index (χ2v) is 8.21. The number of amides is 1. The summed E-state index contributed by atoms with van der Waals surface area (Å²) in [5.41, 5.74) is 3.60. The van der Waals surface area contributed by atoms with Gasteiger partial charge < -0.3 is 10.4 Å². The maximum atomic E-state index is 12.1. The summed E-state index contributed by atoms with van der Waals surface area (Å²) in [6.45, 7) is 2.64. The Bertz CT molecular complexity index is 925. The van der Waals surface area contributed by atoms with Gasteiger partial charge in [0, 0.05) is 45.2 Å². The Labute approximate surface area is 168 Å². The van der Waals surface area contributed by atoms with Crippen LogP contribution in [0.4, 0.5) is 0 Å². The van der Waals surface area contributed by atoms with E-state index in [4.69, 9.17) is 0 Å². The van der Waals surface area contributed by atoms with Crippen LogP contribution in [-0.4, -0.2) is 51.6 Å². The van der Waals surface area contributed by atoms with E-state index in [9.17, 15) is 9.90 Å². The SMILES string of the molecule is O=C(CCc1nc2cccnc2s1)NC[C@H](O)CN1CCc2ccccc2C1. The van der Waals surface area contributed by atoms with Crippen molar-refractivity contribution in [3.63, 3.8) is 0 Å². The zero-order chi connectivity index (χ0) is 19.3. The van der Waals surface area contributed by atoms with Gasteiger partial charge in [-0.05, 0) is 29.7 Å². The summed E-state index contributed by atoms with van der Waals surface area (Å²) in [6, 6.07) is 12.2. The molecule has 2 N–H and O–H groups in total. The van der Waals surface area contributed by atoms with E-state index in [-0.39, 0.29) is 12.5 Å². The molecule has 0 saturated carbocycles. The maximum Gasteiger partial charge on any atom is 0.220 e. The smallest absolute Gasteiger partial charge is 0.220 e. The lowest BCUT2D eigenvalue weighted by molar-refractivity contribution is -0.121. The molecule has 146 valence electrons. The summed E-state index contributed by atoms with van der Waals surface area (Å²) in [5.74, 6) is -0.0599. The normalized spacial score (nSPS) is 15.3. The monoisotopic (exact) mass is 396 g/mol. The largest absolute Gasteiger partial charge is 0.390 e. The molecule has 1 amide bonds. The highest BCUT2D eigenvalue weighted by molar-refractivity contribution is 7.18. The predicted molar refractivity (Wildman–Crippen MR) is 110 cm³/mol. The van der Waals surface area contributed by atoms with E-state index in [1.165, 1.54) is 22.5 Å². The Morgan fingerprint density at radius 2 is 2.11 bits per heavy atom. The molecule has 3 aromatic rings. The standard InChI is InChI=1S/C21H24N4O2S/c26-17(14-25-11-9-15-4-1-2-5-16(15)13-25)12-23-19(27)7-8-20-24-18-6-3-10-22-21(18)28-20/h1-6,10,17,26H,7-9,11-14H2,(H,23,27)/t17-/m0/s1. The fourth-order valence-corrected chi connectivity index (χ4v) is 4.44. The Balaban J connectivity index is 1.19. The number of hydrogen-bond acceptors (Lipinski definition) is 6. The van der Waals surface area contributed by atoms with Crippen LogP contribution in [0.2, 0.25) is 0 Å². The Morgan fingerprint density at radius 3 is 2.96 bits per heavy atom. The molecule has 28 heavy (non-hydrogen) atoms. The van der Waals surface area contributed by atoms with Crippen LogP contribution < -0.4 is 5.32 Å². The first-order valence-corrected chi connectivity index (χ1v) is 10.4. The van der Waals surface area contributed by atoms with E-state index in [1.54, 1.807) is 6.20 Å². The fraction of sp³-hybridized carbons (Fsp3) is 0.381. The van der Waals surface area contributed by atoms with Crippen LogP contribution in [0.1, 0.15) is 22.6 Å². The summed E-state index contributed by atoms with van der Waals surface area (Å²) in [4.78, 5) is 24.0. The molecule has 1 aliphatic rings. The predicted octanol–water partition coefficient (Wildman–Crippen LogP) is 2.16. The Kier molecular flexibility index (Phi) is 5.95. The number of nitrogens with zero attached hydrogens (tertiary/aromatic N) is 3. The zero-order valence-electron chi connectivity index (χ0n) is 15.7. The van der Waals surface area contributed by atoms with E-state index in [1.807, 2.05) is 12.1 Å². The van der Waals surface area contributed by atoms with Crippen molar-refractivity contribution in [3.05, 3.63) is 58.7 Å². The number of benzene rings is 1. The van der Waals surface area contributed by atoms with Gasteiger partial charge in [0.25, 0.3) is 0 Å². The van der Waals surface area contributed by atoms with Gasteiger partial charge in [-0.15, -0.1) is 0 Å². The van der Waals surface area contributed by atoms with Gasteiger partial charge >= 0.3 is 0 Å². The summed E-state index contributed by atoms with van der Waals surface area (Å²) >= 11 is 1.52. The highest BCUT2D eigenvalue weighted by atomic mass is 32.1. The number of carbonyl (C=O) groups is 1. The minimum atomic E-state index is -0.569. The van der Waals surface area contributed by atoms with Crippen LogP contribution in [-0.2, 0) is 24.2 Å². The molecule has 0 spiro atoms. The zero-order valence-corrected chi connectivity index (χ0v) is 16.5. The van der Waals surface area contributed by atoms with Crippen molar-refractivity contribution in [2.75, 3.05) is 19.6 Å². The van der Waals surface area contributed by atoms with Gasteiger partial charge in [-0.1, -0.05) is 35.6 Å². The number of fused-ring (bicyclic) bond motifs is 2. The minimum Gasteiger partial charge on any atom is -0.390 e. The van der Waals surface area contributed by atoms with Crippen molar-refractivity contribution in [1.82, 2.24) is 20.2 Å². The summed E-state index contributed by atoms with van der Waals surface area (Å²) in [5, 5.41) is 14.1. The van der Waals surface area contributed by atoms with Gasteiger partial charge in [0.15, 0.2) is 0 Å². The highest BCUT2D eigenvalue weighted by Gasteiger charge is 2.18. The number of thiazole rings is 1. The molecule has 3 heterocycles. The third-order valence-electron chi connectivity index (χ3n) is 4.99. The van der Waals surface area contributed by atoms with Crippen molar-refractivity contribution >= 4 is 27.6 Å². The number of β-amino-alcohol motifs (C(OH)–C–C–N with tert-alkyl or cyclic N) is 1. The van der Waals surface area contributed by atoms with E-state index < -0.39 is 6.10 Å². The molecule has 0 unspecified atom stereocenters. The molecule has 1 atom stereocenters. The van der Waals surface area contributed by atoms with Crippen LogP contribution >= 0.6 is 11.3 Å². The molecule has 4 rings (SSSR count). The van der Waals surface area contributed by atoms with Crippen LogP contribution in [0.15, 0.2) is 42.6 Å². The molecule has 0 bridgehead atoms. The molecule has 0 aliphatic carbocycles. The molecule has 0 fully saturated rings. The van der Waals surface area contributed by atoms with Crippen molar-refractivity contribution in [3.8, 4) is 0 Å². The molecule has 7 heteroatoms. The number of aromatic nitrogens is 2. The molecule has 6 nitrogen and oxygen atoms in total. The van der Waals surface area contributed by atoms with E-state index in [0.717, 1.165) is 34.9 Å². The molecule has 1 aromatic carbocycles. The van der Waals surface area contributed by atoms with Crippen LogP contribution in [0.3, 0.4) is 0 Å². The van der Waals surface area contributed by atoms with E-state index in [0.29, 0.717) is 19.4 Å². The van der Waals surface area contributed by atoms with Gasteiger partial charge in [-0.2, -0.15) is 0 Å². The van der Waals surface area contributed by atoms with Crippen LogP contribution in [0, 0.1) is 0 Å². The lowest BCUT2D eigenvalue weighted by Gasteiger charge is -2.30. The third-order valence-corrected chi connectivity index (χ3v) is 6.03. The van der Waals surface area contributed by atoms with E-state index >= 15 is 0 Å². The molecular weight excluding hydrogens is 372 g/mol. The number of carbonyl (C=O) groups excluding carboxylic acids is 1. The van der Waals surface area contributed by atoms with Crippen molar-refractivity contribution in [2.24, 2.45) is 0 Å². The Morgan fingerprint density at radius 1 is 1.25 bits per heavy atom. The highest BCUT2D eigenvalue weighted by Crippen LogP contribution is 2.20. The molecule has 1 aliphatic heterocycles. The second-order valence-electron chi connectivity index (χ2n) is 7.15. The molecule has 0 radical (unpaired) electrons. The second kappa shape index (κ2) is 8.77. The topological polar surface area (TPSA) is 78.3 Å². The third kappa shape index (κ3) is 4.73. The first-order valence-electron chi connectivity index (χ1n) is 9.62. The number of aliphatic hydroxyl groups excluding tert-OH is 1. The lowest BCUT2D eigenvalue weighted by Crippen LogP contribution is -2.42. The average molecular weight is 397 g/mol. The van der Waals surface area contributed by atoms with Gasteiger partial charge in [0.05, 0.1) is 11.1 Å². The number of aliphatic hydroxyl groups is 1. The van der Waals surface area contributed by atoms with Crippen molar-refractivity contribution < 1.29 is 9.90 Å². The summed E-state index contributed by atoms with van der Waals surface area (Å²) < 4.78 is 0. The van der Waals surface area contributed by atoms with Gasteiger partial charge in [0.2, 0.25) is 5.91 Å². The van der Waals surface area contributed by atoms with Crippen LogP contribution in [0.25, 0.3) is 10.3 Å². The van der Waals surface area contributed by atoms with E-state index in [2.05, 4.69) is 44.5 Å².